The van der Waals surface area contributed by atoms with Gasteiger partial charge in [-0.3, -0.25) is 25.0 Å². The van der Waals surface area contributed by atoms with Crippen molar-refractivity contribution in [2.45, 2.75) is 6.54 Å². The molecular formula is C19H19N3O7. The molecule has 0 bridgehead atoms. The third kappa shape index (κ3) is 4.00. The molecular weight excluding hydrogens is 382 g/mol. The van der Waals surface area contributed by atoms with Crippen LogP contribution in [-0.4, -0.2) is 37.7 Å². The van der Waals surface area contributed by atoms with E-state index in [1.165, 1.54) is 33.5 Å². The zero-order valence-electron chi connectivity index (χ0n) is 16.0. The summed E-state index contributed by atoms with van der Waals surface area (Å²) in [5.41, 5.74) is 5.56. The number of carbonyl (C=O) groups is 2. The molecule has 1 heterocycles. The second kappa shape index (κ2) is 8.38. The van der Waals surface area contributed by atoms with Crippen LogP contribution in [0.15, 0.2) is 45.6 Å². The summed E-state index contributed by atoms with van der Waals surface area (Å²) in [7, 11) is 4.29. The van der Waals surface area contributed by atoms with Gasteiger partial charge in [-0.05, 0) is 24.3 Å². The Kier molecular flexibility index (Phi) is 5.72. The normalized spacial score (nSPS) is 10.4. The Labute approximate surface area is 164 Å². The minimum absolute atomic E-state index is 0.172. The van der Waals surface area contributed by atoms with Crippen molar-refractivity contribution in [1.29, 1.82) is 0 Å². The molecule has 0 aliphatic heterocycles. The number of carbonyl (C=O) groups excluding carboxylic acids is 2. The van der Waals surface area contributed by atoms with Crippen molar-refractivity contribution in [2.75, 3.05) is 21.3 Å². The highest BCUT2D eigenvalue weighted by Crippen LogP contribution is 2.38. The second-order valence-corrected chi connectivity index (χ2v) is 5.84. The number of hydrazine groups is 1. The third-order valence-corrected chi connectivity index (χ3v) is 4.12. The van der Waals surface area contributed by atoms with Gasteiger partial charge in [-0.1, -0.05) is 12.1 Å². The number of amides is 2. The molecule has 0 aliphatic carbocycles. The summed E-state index contributed by atoms with van der Waals surface area (Å²) in [5.74, 6) is -0.972. The third-order valence-electron chi connectivity index (χ3n) is 4.12. The zero-order valence-corrected chi connectivity index (χ0v) is 16.0. The van der Waals surface area contributed by atoms with E-state index >= 15 is 0 Å². The number of benzene rings is 2. The van der Waals surface area contributed by atoms with Crippen molar-refractivity contribution in [3.63, 3.8) is 0 Å². The molecule has 0 atom stereocenters. The van der Waals surface area contributed by atoms with E-state index in [-0.39, 0.29) is 12.1 Å². The molecule has 0 saturated carbocycles. The second-order valence-electron chi connectivity index (χ2n) is 5.84. The van der Waals surface area contributed by atoms with Crippen LogP contribution < -0.4 is 30.8 Å². The molecule has 0 aliphatic rings. The summed E-state index contributed by atoms with van der Waals surface area (Å²) in [6.07, 6.45) is 0. The molecule has 3 aromatic rings. The molecule has 2 N–H and O–H groups in total. The zero-order chi connectivity index (χ0) is 21.0. The van der Waals surface area contributed by atoms with Crippen molar-refractivity contribution in [3.05, 3.63) is 52.5 Å². The fourth-order valence-corrected chi connectivity index (χ4v) is 2.76. The maximum Gasteiger partial charge on any atom is 0.420 e. The van der Waals surface area contributed by atoms with Crippen LogP contribution in [0.2, 0.25) is 0 Å². The number of nitrogens with zero attached hydrogens (tertiary/aromatic N) is 1. The molecule has 29 heavy (non-hydrogen) atoms. The quantitative estimate of drug-likeness (QED) is 0.593. The maximum atomic E-state index is 12.4. The number of para-hydroxylation sites is 2. The molecule has 152 valence electrons. The first kappa shape index (κ1) is 19.8. The minimum atomic E-state index is -0.669. The van der Waals surface area contributed by atoms with E-state index in [1.54, 1.807) is 24.3 Å². The van der Waals surface area contributed by atoms with Crippen LogP contribution in [0.5, 0.6) is 17.2 Å². The number of hydrogen-bond donors (Lipinski definition) is 2. The van der Waals surface area contributed by atoms with Gasteiger partial charge in [0.15, 0.2) is 17.1 Å². The predicted octanol–water partition coefficient (Wildman–Crippen LogP) is 1.08. The highest BCUT2D eigenvalue weighted by Gasteiger charge is 2.18. The SMILES string of the molecule is COc1cc(C(=O)NNC(=O)Cn2c(=O)oc3ccccc32)cc(OC)c1OC. The van der Waals surface area contributed by atoms with Gasteiger partial charge in [0, 0.05) is 5.56 Å². The molecule has 2 aromatic carbocycles. The molecule has 0 saturated heterocycles. The van der Waals surface area contributed by atoms with E-state index in [0.29, 0.717) is 28.3 Å². The van der Waals surface area contributed by atoms with Crippen LogP contribution in [0.25, 0.3) is 11.1 Å². The van der Waals surface area contributed by atoms with Crippen LogP contribution in [0.3, 0.4) is 0 Å². The van der Waals surface area contributed by atoms with Gasteiger partial charge in [-0.15, -0.1) is 0 Å². The van der Waals surface area contributed by atoms with Gasteiger partial charge in [0.1, 0.15) is 6.54 Å². The van der Waals surface area contributed by atoms with E-state index in [0.717, 1.165) is 4.57 Å². The van der Waals surface area contributed by atoms with Crippen LogP contribution in [0.1, 0.15) is 10.4 Å². The fraction of sp³-hybridized carbons (Fsp3) is 0.211. The molecule has 10 heteroatoms. The van der Waals surface area contributed by atoms with Crippen molar-refractivity contribution in [2.24, 2.45) is 0 Å². The van der Waals surface area contributed by atoms with Crippen molar-refractivity contribution in [1.82, 2.24) is 15.4 Å². The summed E-state index contributed by atoms with van der Waals surface area (Å²) in [4.78, 5) is 36.5. The van der Waals surface area contributed by atoms with Gasteiger partial charge in [-0.2, -0.15) is 0 Å². The first-order valence-corrected chi connectivity index (χ1v) is 8.46. The van der Waals surface area contributed by atoms with Crippen LogP contribution in [0, 0.1) is 0 Å². The minimum Gasteiger partial charge on any atom is -0.493 e. The molecule has 0 fully saturated rings. The maximum absolute atomic E-state index is 12.4. The largest absolute Gasteiger partial charge is 0.493 e. The van der Waals surface area contributed by atoms with Crippen molar-refractivity contribution in [3.8, 4) is 17.2 Å². The Bertz CT molecular complexity index is 1090. The molecule has 0 radical (unpaired) electrons. The summed E-state index contributed by atoms with van der Waals surface area (Å²) < 4.78 is 21.8. The topological polar surface area (TPSA) is 121 Å². The Balaban J connectivity index is 1.71. The lowest BCUT2D eigenvalue weighted by molar-refractivity contribution is -0.122. The highest BCUT2D eigenvalue weighted by molar-refractivity contribution is 5.96. The monoisotopic (exact) mass is 401 g/mol. The van der Waals surface area contributed by atoms with E-state index in [1.807, 2.05) is 0 Å². The summed E-state index contributed by atoms with van der Waals surface area (Å²) in [6.45, 7) is -0.328. The number of rotatable bonds is 6. The number of hydrogen-bond acceptors (Lipinski definition) is 7. The molecule has 3 rings (SSSR count). The van der Waals surface area contributed by atoms with Crippen LogP contribution >= 0.6 is 0 Å². The standard InChI is InChI=1S/C19H19N3O7/c1-26-14-8-11(9-15(27-2)17(14)28-3)18(24)21-20-16(23)10-22-12-6-4-5-7-13(12)29-19(22)25/h4-9H,10H2,1-3H3,(H,20,23)(H,21,24). The first-order valence-electron chi connectivity index (χ1n) is 8.46. The van der Waals surface area contributed by atoms with Crippen LogP contribution in [-0.2, 0) is 11.3 Å². The molecule has 1 aromatic heterocycles. The van der Waals surface area contributed by atoms with Gasteiger partial charge < -0.3 is 18.6 Å². The van der Waals surface area contributed by atoms with E-state index in [2.05, 4.69) is 10.9 Å². The molecule has 10 nitrogen and oxygen atoms in total. The first-order chi connectivity index (χ1) is 14.0. The number of fused-ring (bicyclic) bond motifs is 1. The highest BCUT2D eigenvalue weighted by atomic mass is 16.5. The Morgan fingerprint density at radius 2 is 1.66 bits per heavy atom. The fourth-order valence-electron chi connectivity index (χ4n) is 2.76. The number of methoxy groups -OCH3 is 3. The lowest BCUT2D eigenvalue weighted by Crippen LogP contribution is -2.43. The Morgan fingerprint density at radius 3 is 2.28 bits per heavy atom. The average molecular weight is 401 g/mol. The van der Waals surface area contributed by atoms with Crippen molar-refractivity contribution < 1.29 is 28.2 Å². The lowest BCUT2D eigenvalue weighted by atomic mass is 10.1. The summed E-state index contributed by atoms with van der Waals surface area (Å²) in [5, 5.41) is 0. The smallest absolute Gasteiger partial charge is 0.420 e. The van der Waals surface area contributed by atoms with E-state index in [9.17, 15) is 14.4 Å². The Morgan fingerprint density at radius 1 is 1.00 bits per heavy atom. The summed E-state index contributed by atoms with van der Waals surface area (Å²) >= 11 is 0. The van der Waals surface area contributed by atoms with Crippen LogP contribution in [0.4, 0.5) is 0 Å². The average Bonchev–Trinajstić information content (AvgIpc) is 3.05. The van der Waals surface area contributed by atoms with Gasteiger partial charge in [0.2, 0.25) is 5.75 Å². The Hall–Kier alpha value is -3.95. The number of aromatic nitrogens is 1. The molecule has 0 unspecified atom stereocenters. The molecule has 2 amide bonds. The van der Waals surface area contributed by atoms with E-state index < -0.39 is 17.6 Å². The number of oxazole rings is 1. The van der Waals surface area contributed by atoms with E-state index in [4.69, 9.17) is 18.6 Å². The predicted molar refractivity (Wildman–Crippen MR) is 102 cm³/mol. The van der Waals surface area contributed by atoms with Gasteiger partial charge in [0.25, 0.3) is 11.8 Å². The number of ether oxygens (including phenoxy) is 3. The number of nitrogens with one attached hydrogen (secondary N) is 2. The lowest BCUT2D eigenvalue weighted by Gasteiger charge is -2.14. The van der Waals surface area contributed by atoms with Gasteiger partial charge in [-0.25, -0.2) is 4.79 Å². The molecule has 0 spiro atoms. The summed E-state index contributed by atoms with van der Waals surface area (Å²) in [6, 6.07) is 9.60. The van der Waals surface area contributed by atoms with Gasteiger partial charge >= 0.3 is 5.76 Å². The van der Waals surface area contributed by atoms with Gasteiger partial charge in [0.05, 0.1) is 26.8 Å². The van der Waals surface area contributed by atoms with Crippen molar-refractivity contribution >= 4 is 22.9 Å².